The second kappa shape index (κ2) is 6.33. The van der Waals surface area contributed by atoms with E-state index in [0.29, 0.717) is 24.1 Å². The average molecular weight is 366 g/mol. The minimum Gasteiger partial charge on any atom is -0.444 e. The first-order valence-corrected chi connectivity index (χ1v) is 9.89. The summed E-state index contributed by atoms with van der Waals surface area (Å²) in [6, 6.07) is 6.45. The number of carbonyl (C=O) groups excluding carboxylic acids is 1. The molecule has 1 aromatic carbocycles. The molecule has 2 aromatic rings. The maximum Gasteiger partial charge on any atom is 0.410 e. The summed E-state index contributed by atoms with van der Waals surface area (Å²) in [6.45, 7) is 5.84. The lowest BCUT2D eigenvalue weighted by atomic mass is 10.2. The largest absolute Gasteiger partial charge is 0.444 e. The number of hydrogen-bond donors (Lipinski definition) is 0. The van der Waals surface area contributed by atoms with Crippen LogP contribution in [-0.2, 0) is 14.6 Å². The molecule has 7 nitrogen and oxygen atoms in total. The number of carbonyl (C=O) groups is 1. The Balaban J connectivity index is 1.78. The number of ether oxygens (including phenoxy) is 1. The number of para-hydroxylation sites is 2. The molecule has 3 rings (SSSR count). The van der Waals surface area contributed by atoms with Gasteiger partial charge in [-0.05, 0) is 45.7 Å². The molecular formula is C17H22N2O5S. The first-order valence-electron chi connectivity index (χ1n) is 8.24. The monoisotopic (exact) mass is 366 g/mol. The lowest BCUT2D eigenvalue weighted by molar-refractivity contribution is 0.0241. The molecule has 25 heavy (non-hydrogen) atoms. The van der Waals surface area contributed by atoms with Gasteiger partial charge in [0.05, 0.1) is 5.75 Å². The lowest BCUT2D eigenvalue weighted by Crippen LogP contribution is -2.42. The summed E-state index contributed by atoms with van der Waals surface area (Å²) >= 11 is 0. The quantitative estimate of drug-likeness (QED) is 0.829. The van der Waals surface area contributed by atoms with Crippen molar-refractivity contribution < 1.29 is 22.4 Å². The number of benzene rings is 1. The highest BCUT2D eigenvalue weighted by Crippen LogP contribution is 2.25. The van der Waals surface area contributed by atoms with E-state index >= 15 is 0 Å². The Kier molecular flexibility index (Phi) is 4.49. The summed E-state index contributed by atoms with van der Waals surface area (Å²) in [5, 5.41) is -0.301. The molecule has 0 aliphatic carbocycles. The second-order valence-electron chi connectivity index (χ2n) is 7.20. The highest BCUT2D eigenvalue weighted by atomic mass is 32.2. The van der Waals surface area contributed by atoms with E-state index in [2.05, 4.69) is 4.98 Å². The Morgan fingerprint density at radius 2 is 2.08 bits per heavy atom. The van der Waals surface area contributed by atoms with Crippen LogP contribution in [0.1, 0.15) is 33.6 Å². The molecule has 1 saturated heterocycles. The van der Waals surface area contributed by atoms with E-state index in [-0.39, 0.29) is 11.0 Å². The average Bonchev–Trinajstić information content (AvgIpc) is 3.11. The van der Waals surface area contributed by atoms with Crippen molar-refractivity contribution in [2.45, 2.75) is 50.5 Å². The van der Waals surface area contributed by atoms with Gasteiger partial charge in [-0.1, -0.05) is 12.1 Å². The number of amides is 1. The predicted octanol–water partition coefficient (Wildman–Crippen LogP) is 3.00. The van der Waals surface area contributed by atoms with Crippen molar-refractivity contribution in [2.24, 2.45) is 0 Å². The van der Waals surface area contributed by atoms with Crippen molar-refractivity contribution in [3.63, 3.8) is 0 Å². The molecular weight excluding hydrogens is 344 g/mol. The molecule has 1 atom stereocenters. The normalized spacial score (nSPS) is 18.7. The summed E-state index contributed by atoms with van der Waals surface area (Å²) in [5.41, 5.74) is 0.302. The predicted molar refractivity (Wildman–Crippen MR) is 92.0 cm³/mol. The number of nitrogens with zero attached hydrogens (tertiary/aromatic N) is 2. The van der Waals surface area contributed by atoms with Gasteiger partial charge in [0.15, 0.2) is 5.58 Å². The highest BCUT2D eigenvalue weighted by Gasteiger charge is 2.37. The molecule has 1 aliphatic rings. The first-order chi connectivity index (χ1) is 11.7. The van der Waals surface area contributed by atoms with Crippen LogP contribution in [0.15, 0.2) is 33.9 Å². The van der Waals surface area contributed by atoms with Crippen molar-refractivity contribution in [2.75, 3.05) is 12.3 Å². The number of aromatic nitrogens is 1. The van der Waals surface area contributed by atoms with E-state index < -0.39 is 27.6 Å². The minimum absolute atomic E-state index is 0.223. The van der Waals surface area contributed by atoms with Gasteiger partial charge in [-0.3, -0.25) is 0 Å². The molecule has 1 aromatic heterocycles. The minimum atomic E-state index is -3.74. The number of likely N-dealkylation sites (tertiary alicyclic amines) is 1. The summed E-state index contributed by atoms with van der Waals surface area (Å²) in [6.07, 6.45) is 0.869. The zero-order valence-electron chi connectivity index (χ0n) is 14.6. The third kappa shape index (κ3) is 3.95. The van der Waals surface area contributed by atoms with Gasteiger partial charge in [-0.15, -0.1) is 0 Å². The zero-order chi connectivity index (χ0) is 18.2. The fourth-order valence-electron chi connectivity index (χ4n) is 2.88. The van der Waals surface area contributed by atoms with E-state index in [1.54, 1.807) is 45.0 Å². The van der Waals surface area contributed by atoms with Gasteiger partial charge in [0.2, 0.25) is 9.84 Å². The third-order valence-electron chi connectivity index (χ3n) is 3.96. The van der Waals surface area contributed by atoms with Gasteiger partial charge >= 0.3 is 11.3 Å². The smallest absolute Gasteiger partial charge is 0.410 e. The molecule has 1 fully saturated rings. The number of sulfone groups is 1. The fraction of sp³-hybridized carbons (Fsp3) is 0.529. The zero-order valence-corrected chi connectivity index (χ0v) is 15.4. The maximum absolute atomic E-state index is 12.7. The van der Waals surface area contributed by atoms with Gasteiger partial charge in [0.1, 0.15) is 11.1 Å². The Hall–Kier alpha value is -2.09. The molecule has 0 spiro atoms. The van der Waals surface area contributed by atoms with Gasteiger partial charge in [0.25, 0.3) is 0 Å². The summed E-state index contributed by atoms with van der Waals surface area (Å²) in [4.78, 5) is 17.9. The third-order valence-corrected chi connectivity index (χ3v) is 5.49. The van der Waals surface area contributed by atoms with Gasteiger partial charge in [-0.2, -0.15) is 4.98 Å². The molecule has 0 bridgehead atoms. The molecule has 0 saturated carbocycles. The summed E-state index contributed by atoms with van der Waals surface area (Å²) in [7, 11) is -3.74. The molecule has 136 valence electrons. The Morgan fingerprint density at radius 3 is 2.76 bits per heavy atom. The summed E-state index contributed by atoms with van der Waals surface area (Å²) < 4.78 is 36.1. The van der Waals surface area contributed by atoms with Gasteiger partial charge < -0.3 is 14.1 Å². The number of hydrogen-bond acceptors (Lipinski definition) is 6. The van der Waals surface area contributed by atoms with Gasteiger partial charge in [-0.25, -0.2) is 13.2 Å². The van der Waals surface area contributed by atoms with Crippen LogP contribution in [0.25, 0.3) is 11.1 Å². The van der Waals surface area contributed by atoms with Crippen LogP contribution in [0, 0.1) is 0 Å². The van der Waals surface area contributed by atoms with Crippen LogP contribution in [-0.4, -0.2) is 48.3 Å². The van der Waals surface area contributed by atoms with Crippen LogP contribution in [0.3, 0.4) is 0 Å². The van der Waals surface area contributed by atoms with Crippen molar-refractivity contribution in [1.82, 2.24) is 9.88 Å². The van der Waals surface area contributed by atoms with Crippen molar-refractivity contribution >= 4 is 27.0 Å². The SMILES string of the molecule is CC(C)(C)OC(=O)N1CCCC1CS(=O)(=O)c1nc2ccccc2o1. The standard InChI is InChI=1S/C17H22N2O5S/c1-17(2,3)24-16(20)19-10-6-7-12(19)11-25(21,22)15-18-13-8-4-5-9-14(13)23-15/h4-5,8-9,12H,6-7,10-11H2,1-3H3. The Bertz CT molecular complexity index is 849. The Labute approximate surface area is 146 Å². The molecule has 1 aliphatic heterocycles. The van der Waals surface area contributed by atoms with E-state index in [1.165, 1.54) is 4.90 Å². The van der Waals surface area contributed by atoms with Crippen molar-refractivity contribution in [1.29, 1.82) is 0 Å². The number of fused-ring (bicyclic) bond motifs is 1. The van der Waals surface area contributed by atoms with Gasteiger partial charge in [0, 0.05) is 12.6 Å². The number of rotatable bonds is 3. The summed E-state index contributed by atoms with van der Waals surface area (Å²) in [5.74, 6) is -0.223. The fourth-order valence-corrected chi connectivity index (χ4v) is 4.33. The topological polar surface area (TPSA) is 89.7 Å². The van der Waals surface area contributed by atoms with E-state index in [1.807, 2.05) is 0 Å². The van der Waals surface area contributed by atoms with Crippen LogP contribution >= 0.6 is 0 Å². The van der Waals surface area contributed by atoms with Crippen LogP contribution in [0.5, 0.6) is 0 Å². The molecule has 8 heteroatoms. The molecule has 0 radical (unpaired) electrons. The van der Waals surface area contributed by atoms with Crippen LogP contribution < -0.4 is 0 Å². The maximum atomic E-state index is 12.7. The van der Waals surface area contributed by atoms with Crippen LogP contribution in [0.4, 0.5) is 4.79 Å². The molecule has 2 heterocycles. The van der Waals surface area contributed by atoms with Crippen molar-refractivity contribution in [3.05, 3.63) is 24.3 Å². The van der Waals surface area contributed by atoms with Crippen LogP contribution in [0.2, 0.25) is 0 Å². The molecule has 1 unspecified atom stereocenters. The molecule has 1 amide bonds. The first kappa shape index (κ1) is 17.7. The molecule has 0 N–H and O–H groups in total. The van der Waals surface area contributed by atoms with E-state index in [4.69, 9.17) is 9.15 Å². The van der Waals surface area contributed by atoms with E-state index in [9.17, 15) is 13.2 Å². The lowest BCUT2D eigenvalue weighted by Gasteiger charge is -2.28. The number of oxazole rings is 1. The van der Waals surface area contributed by atoms with E-state index in [0.717, 1.165) is 6.42 Å². The Morgan fingerprint density at radius 1 is 1.36 bits per heavy atom. The highest BCUT2D eigenvalue weighted by molar-refractivity contribution is 7.91. The van der Waals surface area contributed by atoms with Crippen molar-refractivity contribution in [3.8, 4) is 0 Å². The second-order valence-corrected chi connectivity index (χ2v) is 9.11.